The number of hydrogen-bond donors (Lipinski definition) is 2. The highest BCUT2D eigenvalue weighted by molar-refractivity contribution is 7.87. The van der Waals surface area contributed by atoms with Crippen molar-refractivity contribution < 1.29 is 35.4 Å². The Morgan fingerprint density at radius 2 is 1.25 bits per heavy atom. The van der Waals surface area contributed by atoms with Crippen molar-refractivity contribution in [2.45, 2.75) is 35.5 Å². The minimum Gasteiger partial charge on any atom is -0.386 e. The van der Waals surface area contributed by atoms with Gasteiger partial charge < -0.3 is 10.2 Å². The summed E-state index contributed by atoms with van der Waals surface area (Å²) in [6, 6.07) is 7.95. The summed E-state index contributed by atoms with van der Waals surface area (Å²) >= 11 is 0. The van der Waals surface area contributed by atoms with Crippen LogP contribution in [0, 0.1) is 12.1 Å². The molecule has 24 heavy (non-hydrogen) atoms. The molecule has 2 fully saturated rings. The lowest BCUT2D eigenvalue weighted by Crippen LogP contribution is -2.24. The van der Waals surface area contributed by atoms with Crippen molar-refractivity contribution in [2.75, 3.05) is 13.2 Å². The van der Waals surface area contributed by atoms with Crippen LogP contribution in [0.15, 0.2) is 12.1 Å². The highest BCUT2D eigenvalue weighted by atomic mass is 32.2. The number of hydrogen-bond acceptors (Lipinski definition) is 8. The Balaban J connectivity index is 1.78. The lowest BCUT2D eigenvalue weighted by atomic mass is 10.0. The molecule has 0 aromatic heterocycles. The third-order valence-corrected chi connectivity index (χ3v) is 7.64. The van der Waals surface area contributed by atoms with Gasteiger partial charge in [0, 0.05) is 11.1 Å². The van der Waals surface area contributed by atoms with E-state index in [-0.39, 0.29) is 37.2 Å². The van der Waals surface area contributed by atoms with Crippen molar-refractivity contribution >= 4 is 20.2 Å². The van der Waals surface area contributed by atoms with E-state index in [0.29, 0.717) is 0 Å². The van der Waals surface area contributed by atoms with E-state index in [1.807, 2.05) is 0 Å². The van der Waals surface area contributed by atoms with Crippen molar-refractivity contribution in [3.63, 3.8) is 0 Å². The fourth-order valence-corrected chi connectivity index (χ4v) is 5.51. The molecule has 8 nitrogen and oxygen atoms in total. The molecule has 0 spiro atoms. The minimum atomic E-state index is -3.82. The molecule has 2 N–H and O–H groups in total. The van der Waals surface area contributed by atoms with Crippen LogP contribution in [0.5, 0.6) is 0 Å². The zero-order chi connectivity index (χ0) is 17.5. The summed E-state index contributed by atoms with van der Waals surface area (Å²) in [7, 11) is -7.64. The Labute approximate surface area is 140 Å². The van der Waals surface area contributed by atoms with Crippen LogP contribution in [0.1, 0.15) is 36.2 Å². The summed E-state index contributed by atoms with van der Waals surface area (Å²) in [4.78, 5) is 0. The molecule has 2 heterocycles. The second-order valence-corrected chi connectivity index (χ2v) is 9.32. The van der Waals surface area contributed by atoms with Crippen LogP contribution in [-0.2, 0) is 28.6 Å². The number of aliphatic hydroxyl groups excluding tert-OH is 2. The topological polar surface area (TPSA) is 127 Å². The molecule has 1 aromatic rings. The first-order valence-electron chi connectivity index (χ1n) is 7.29. The molecule has 3 rings (SSSR count). The van der Waals surface area contributed by atoms with E-state index in [9.17, 15) is 27.0 Å². The second-order valence-electron chi connectivity index (χ2n) is 5.67. The Bertz CT molecular complexity index is 731. The molecule has 2 aliphatic heterocycles. The highest BCUT2D eigenvalue weighted by Gasteiger charge is 2.40. The van der Waals surface area contributed by atoms with Gasteiger partial charge in [-0.3, -0.25) is 8.37 Å². The van der Waals surface area contributed by atoms with E-state index < -0.39 is 42.9 Å². The smallest absolute Gasteiger partial charge is 0.273 e. The SMILES string of the molecule is O=S1(=O)OCCC1C(O)c1c#cc(C(O)C2CCOS2(=O)=O)cc1. The van der Waals surface area contributed by atoms with Crippen LogP contribution in [0.4, 0.5) is 0 Å². The van der Waals surface area contributed by atoms with Gasteiger partial charge in [-0.15, -0.1) is 0 Å². The Kier molecular flexibility index (Phi) is 4.59. The molecule has 0 aliphatic carbocycles. The third-order valence-electron chi connectivity index (χ3n) is 4.18. The van der Waals surface area contributed by atoms with Crippen molar-refractivity contribution in [1.82, 2.24) is 0 Å². The maximum atomic E-state index is 11.7. The summed E-state index contributed by atoms with van der Waals surface area (Å²) in [6.07, 6.45) is -2.34. The first-order valence-corrected chi connectivity index (χ1v) is 10.2. The molecule has 4 unspecified atom stereocenters. The highest BCUT2D eigenvalue weighted by Crippen LogP contribution is 2.32. The van der Waals surface area contributed by atoms with E-state index in [4.69, 9.17) is 0 Å². The van der Waals surface area contributed by atoms with E-state index in [2.05, 4.69) is 20.5 Å². The molecule has 132 valence electrons. The van der Waals surface area contributed by atoms with Gasteiger partial charge in [-0.25, -0.2) is 0 Å². The van der Waals surface area contributed by atoms with Crippen molar-refractivity contribution in [1.29, 1.82) is 0 Å². The first kappa shape index (κ1) is 17.6. The molecule has 4 atom stereocenters. The van der Waals surface area contributed by atoms with Gasteiger partial charge in [0.25, 0.3) is 20.2 Å². The van der Waals surface area contributed by atoms with Crippen molar-refractivity contribution in [3.05, 3.63) is 35.4 Å². The van der Waals surface area contributed by atoms with Crippen LogP contribution in [-0.4, -0.2) is 50.8 Å². The van der Waals surface area contributed by atoms with E-state index in [1.54, 1.807) is 0 Å². The van der Waals surface area contributed by atoms with Gasteiger partial charge in [0.05, 0.1) is 13.2 Å². The fraction of sp³-hybridized carbons (Fsp3) is 0.571. The zero-order valence-electron chi connectivity index (χ0n) is 12.5. The predicted octanol–water partition coefficient (Wildman–Crippen LogP) is -0.409. The number of aliphatic hydroxyl groups is 2. The average Bonchev–Trinajstić information content (AvgIpc) is 3.07. The van der Waals surface area contributed by atoms with Gasteiger partial charge in [-0.1, -0.05) is 12.1 Å². The quantitative estimate of drug-likeness (QED) is 0.679. The van der Waals surface area contributed by atoms with Gasteiger partial charge in [0.1, 0.15) is 22.7 Å². The van der Waals surface area contributed by atoms with Crippen LogP contribution in [0.25, 0.3) is 0 Å². The normalized spacial score (nSPS) is 30.6. The van der Waals surface area contributed by atoms with Gasteiger partial charge in [-0.2, -0.15) is 16.8 Å². The van der Waals surface area contributed by atoms with Crippen molar-refractivity contribution in [2.24, 2.45) is 0 Å². The fourth-order valence-electron chi connectivity index (χ4n) is 2.81. The van der Waals surface area contributed by atoms with Gasteiger partial charge in [0.15, 0.2) is 0 Å². The largest absolute Gasteiger partial charge is 0.386 e. The molecular weight excluding hydrogens is 360 g/mol. The molecular formula is C14H16O8S2. The molecule has 0 amide bonds. The molecule has 10 heteroatoms. The third kappa shape index (κ3) is 3.15. The summed E-state index contributed by atoms with van der Waals surface area (Å²) < 4.78 is 55.9. The Morgan fingerprint density at radius 1 is 0.875 bits per heavy atom. The zero-order valence-corrected chi connectivity index (χ0v) is 14.1. The molecule has 0 saturated carbocycles. The number of rotatable bonds is 4. The minimum absolute atomic E-state index is 0.0180. The maximum absolute atomic E-state index is 11.7. The van der Waals surface area contributed by atoms with Gasteiger partial charge in [-0.05, 0) is 25.0 Å². The molecule has 2 saturated heterocycles. The molecule has 0 radical (unpaired) electrons. The standard InChI is InChI=1S/C14H16O8S2/c15-13(11-5-7-21-23(11,17)18)9-1-2-10(4-3-9)14(16)12-6-8-22-24(12,19)20/h1-2,11-16H,5-8H2. The molecule has 1 aromatic carbocycles. The van der Waals surface area contributed by atoms with Crippen LogP contribution in [0.2, 0.25) is 0 Å². The second kappa shape index (κ2) is 6.25. The first-order chi connectivity index (χ1) is 11.2. The Hall–Kier alpha value is -1.22. The van der Waals surface area contributed by atoms with Crippen LogP contribution >= 0.6 is 0 Å². The van der Waals surface area contributed by atoms with Gasteiger partial charge >= 0.3 is 0 Å². The summed E-state index contributed by atoms with van der Waals surface area (Å²) in [5.41, 5.74) is 0.353. The van der Waals surface area contributed by atoms with Crippen molar-refractivity contribution in [3.8, 4) is 0 Å². The van der Waals surface area contributed by atoms with Gasteiger partial charge in [0.2, 0.25) is 0 Å². The summed E-state index contributed by atoms with van der Waals surface area (Å²) in [5.74, 6) is 0. The van der Waals surface area contributed by atoms with E-state index in [0.717, 1.165) is 0 Å². The summed E-state index contributed by atoms with van der Waals surface area (Å²) in [6.45, 7) is 0.0359. The van der Waals surface area contributed by atoms with E-state index >= 15 is 0 Å². The lowest BCUT2D eigenvalue weighted by molar-refractivity contribution is 0.167. The van der Waals surface area contributed by atoms with E-state index in [1.165, 1.54) is 12.1 Å². The van der Waals surface area contributed by atoms with Crippen LogP contribution < -0.4 is 0 Å². The average molecular weight is 376 g/mol. The maximum Gasteiger partial charge on any atom is 0.273 e. The Morgan fingerprint density at radius 3 is 1.50 bits per heavy atom. The lowest BCUT2D eigenvalue weighted by Gasteiger charge is -2.16. The predicted molar refractivity (Wildman–Crippen MR) is 80.6 cm³/mol. The monoisotopic (exact) mass is 376 g/mol. The van der Waals surface area contributed by atoms with Crippen LogP contribution in [0.3, 0.4) is 0 Å². The molecule has 0 bridgehead atoms. The molecule has 2 aliphatic rings. The summed E-state index contributed by atoms with van der Waals surface area (Å²) in [5, 5.41) is 18.2.